The summed E-state index contributed by atoms with van der Waals surface area (Å²) in [5.41, 5.74) is 0. The van der Waals surface area contributed by atoms with E-state index in [1.807, 2.05) is 0 Å². The number of piperidine rings is 1. The highest BCUT2D eigenvalue weighted by molar-refractivity contribution is 4.93. The maximum absolute atomic E-state index is 4.06. The smallest absolute Gasteiger partial charge is 0.0113 e. The molecule has 116 valence electrons. The van der Waals surface area contributed by atoms with E-state index < -0.39 is 0 Å². The quantitative estimate of drug-likeness (QED) is 0.827. The lowest BCUT2D eigenvalue weighted by Crippen LogP contribution is -2.52. The highest BCUT2D eigenvalue weighted by atomic mass is 15.1. The first-order chi connectivity index (χ1) is 9.86. The van der Waals surface area contributed by atoms with Gasteiger partial charge < -0.3 is 15.5 Å². The third kappa shape index (κ3) is 3.55. The van der Waals surface area contributed by atoms with Crippen LogP contribution in [-0.2, 0) is 0 Å². The van der Waals surface area contributed by atoms with Gasteiger partial charge >= 0.3 is 0 Å². The molecule has 2 saturated heterocycles. The molecule has 0 amide bonds. The van der Waals surface area contributed by atoms with Crippen LogP contribution in [0.5, 0.6) is 0 Å². The molecule has 0 radical (unpaired) electrons. The summed E-state index contributed by atoms with van der Waals surface area (Å²) in [6.07, 6.45) is 11.3. The van der Waals surface area contributed by atoms with Gasteiger partial charge in [-0.1, -0.05) is 19.8 Å². The molecule has 1 saturated carbocycles. The van der Waals surface area contributed by atoms with E-state index >= 15 is 0 Å². The Morgan fingerprint density at radius 2 is 1.80 bits per heavy atom. The highest BCUT2D eigenvalue weighted by Gasteiger charge is 2.34. The Hall–Kier alpha value is -0.120. The number of hydrogen-bond acceptors (Lipinski definition) is 3. The Bertz CT molecular complexity index is 280. The normalized spacial score (nSPS) is 37.4. The molecular formula is C17H33N3. The minimum Gasteiger partial charge on any atom is -0.314 e. The first-order valence-electron chi connectivity index (χ1n) is 9.08. The van der Waals surface area contributed by atoms with E-state index in [0.29, 0.717) is 0 Å². The second-order valence-corrected chi connectivity index (χ2v) is 7.13. The molecule has 3 rings (SSSR count). The fraction of sp³-hybridized carbons (Fsp3) is 1.00. The largest absolute Gasteiger partial charge is 0.314 e. The Balaban J connectivity index is 1.51. The lowest BCUT2D eigenvalue weighted by molar-refractivity contribution is 0.157. The summed E-state index contributed by atoms with van der Waals surface area (Å²) in [5.74, 6) is 0.899. The molecule has 20 heavy (non-hydrogen) atoms. The molecule has 3 nitrogen and oxygen atoms in total. The standard InChI is InChI=1S/C17H33N3/c1-2-20-12-9-14(10-13-20)19-17-7-4-3-6-15(17)16-8-5-11-18-16/h14-19H,2-13H2,1H3. The molecular weight excluding hydrogens is 246 g/mol. The average Bonchev–Trinajstić information content (AvgIpc) is 3.03. The Morgan fingerprint density at radius 1 is 1.00 bits per heavy atom. The van der Waals surface area contributed by atoms with Gasteiger partial charge in [0.1, 0.15) is 0 Å². The highest BCUT2D eigenvalue weighted by Crippen LogP contribution is 2.31. The van der Waals surface area contributed by atoms with Crippen molar-refractivity contribution >= 4 is 0 Å². The number of likely N-dealkylation sites (tertiary alicyclic amines) is 1. The van der Waals surface area contributed by atoms with Crippen LogP contribution in [0.4, 0.5) is 0 Å². The molecule has 3 aliphatic rings. The van der Waals surface area contributed by atoms with Gasteiger partial charge in [-0.05, 0) is 70.6 Å². The van der Waals surface area contributed by atoms with E-state index in [-0.39, 0.29) is 0 Å². The second kappa shape index (κ2) is 7.24. The first-order valence-corrected chi connectivity index (χ1v) is 9.08. The minimum absolute atomic E-state index is 0.782. The van der Waals surface area contributed by atoms with E-state index in [2.05, 4.69) is 22.5 Å². The van der Waals surface area contributed by atoms with Gasteiger partial charge in [0.15, 0.2) is 0 Å². The third-order valence-electron chi connectivity index (χ3n) is 5.92. The van der Waals surface area contributed by atoms with Crippen molar-refractivity contribution in [2.45, 2.75) is 76.4 Å². The van der Waals surface area contributed by atoms with Gasteiger partial charge in [-0.2, -0.15) is 0 Å². The van der Waals surface area contributed by atoms with E-state index in [9.17, 15) is 0 Å². The number of nitrogens with one attached hydrogen (secondary N) is 2. The van der Waals surface area contributed by atoms with Crippen LogP contribution in [0.25, 0.3) is 0 Å². The maximum atomic E-state index is 4.06. The predicted octanol–water partition coefficient (Wildman–Crippen LogP) is 2.37. The summed E-state index contributed by atoms with van der Waals surface area (Å²) in [6, 6.07) is 2.38. The zero-order valence-corrected chi connectivity index (χ0v) is 13.2. The Morgan fingerprint density at radius 3 is 2.50 bits per heavy atom. The molecule has 0 aromatic carbocycles. The van der Waals surface area contributed by atoms with E-state index in [1.165, 1.54) is 77.5 Å². The van der Waals surface area contributed by atoms with Crippen molar-refractivity contribution < 1.29 is 0 Å². The molecule has 0 bridgehead atoms. The molecule has 0 spiro atoms. The fourth-order valence-corrected chi connectivity index (χ4v) is 4.64. The van der Waals surface area contributed by atoms with Crippen LogP contribution in [0.3, 0.4) is 0 Å². The van der Waals surface area contributed by atoms with Crippen LogP contribution in [0.15, 0.2) is 0 Å². The maximum Gasteiger partial charge on any atom is 0.0113 e. The van der Waals surface area contributed by atoms with Crippen molar-refractivity contribution in [3.8, 4) is 0 Å². The SMILES string of the molecule is CCN1CCC(NC2CCCCC2C2CCCN2)CC1. The predicted molar refractivity (Wildman–Crippen MR) is 85.0 cm³/mol. The second-order valence-electron chi connectivity index (χ2n) is 7.13. The number of nitrogens with zero attached hydrogens (tertiary/aromatic N) is 1. The monoisotopic (exact) mass is 279 g/mol. The summed E-state index contributed by atoms with van der Waals surface area (Å²) in [7, 11) is 0. The molecule has 3 heteroatoms. The molecule has 2 heterocycles. The Labute approximate surface area is 124 Å². The minimum atomic E-state index is 0.782. The molecule has 3 atom stereocenters. The van der Waals surface area contributed by atoms with Gasteiger partial charge in [-0.25, -0.2) is 0 Å². The van der Waals surface area contributed by atoms with Crippen molar-refractivity contribution in [1.29, 1.82) is 0 Å². The zero-order chi connectivity index (χ0) is 13.8. The number of hydrogen-bond donors (Lipinski definition) is 2. The molecule has 0 aromatic heterocycles. The molecule has 3 fully saturated rings. The van der Waals surface area contributed by atoms with Crippen LogP contribution in [0.2, 0.25) is 0 Å². The van der Waals surface area contributed by atoms with Crippen LogP contribution < -0.4 is 10.6 Å². The van der Waals surface area contributed by atoms with Gasteiger partial charge in [0.25, 0.3) is 0 Å². The van der Waals surface area contributed by atoms with Crippen molar-refractivity contribution in [3.63, 3.8) is 0 Å². The van der Waals surface area contributed by atoms with Crippen LogP contribution in [0.1, 0.15) is 58.3 Å². The van der Waals surface area contributed by atoms with Crippen LogP contribution >= 0.6 is 0 Å². The van der Waals surface area contributed by atoms with Gasteiger partial charge in [0.05, 0.1) is 0 Å². The Kier molecular flexibility index (Phi) is 5.36. The third-order valence-corrected chi connectivity index (χ3v) is 5.92. The molecule has 1 aliphatic carbocycles. The van der Waals surface area contributed by atoms with E-state index in [0.717, 1.165) is 24.0 Å². The van der Waals surface area contributed by atoms with Gasteiger partial charge in [0, 0.05) is 18.1 Å². The fourth-order valence-electron chi connectivity index (χ4n) is 4.64. The van der Waals surface area contributed by atoms with Crippen molar-refractivity contribution in [3.05, 3.63) is 0 Å². The zero-order valence-electron chi connectivity index (χ0n) is 13.2. The van der Waals surface area contributed by atoms with E-state index in [1.54, 1.807) is 0 Å². The molecule has 2 aliphatic heterocycles. The molecule has 2 N–H and O–H groups in total. The van der Waals surface area contributed by atoms with Crippen LogP contribution in [-0.4, -0.2) is 49.2 Å². The van der Waals surface area contributed by atoms with Crippen molar-refractivity contribution in [2.24, 2.45) is 5.92 Å². The molecule has 3 unspecified atom stereocenters. The summed E-state index contributed by atoms with van der Waals surface area (Å²) in [6.45, 7) is 7.37. The van der Waals surface area contributed by atoms with Crippen LogP contribution in [0, 0.1) is 5.92 Å². The van der Waals surface area contributed by atoms with Gasteiger partial charge in [-0.3, -0.25) is 0 Å². The summed E-state index contributed by atoms with van der Waals surface area (Å²) < 4.78 is 0. The number of rotatable bonds is 4. The van der Waals surface area contributed by atoms with Crippen molar-refractivity contribution in [2.75, 3.05) is 26.2 Å². The summed E-state index contributed by atoms with van der Waals surface area (Å²) in [5, 5.41) is 7.82. The lowest BCUT2D eigenvalue weighted by Gasteiger charge is -2.40. The average molecular weight is 279 g/mol. The summed E-state index contributed by atoms with van der Waals surface area (Å²) in [4.78, 5) is 2.59. The topological polar surface area (TPSA) is 27.3 Å². The van der Waals surface area contributed by atoms with Crippen molar-refractivity contribution in [1.82, 2.24) is 15.5 Å². The lowest BCUT2D eigenvalue weighted by atomic mass is 9.78. The van der Waals surface area contributed by atoms with Gasteiger partial charge in [-0.15, -0.1) is 0 Å². The summed E-state index contributed by atoms with van der Waals surface area (Å²) >= 11 is 0. The first kappa shape index (κ1) is 14.8. The molecule has 0 aromatic rings. The van der Waals surface area contributed by atoms with Gasteiger partial charge in [0.2, 0.25) is 0 Å². The van der Waals surface area contributed by atoms with E-state index in [4.69, 9.17) is 0 Å².